The Morgan fingerprint density at radius 3 is 2.04 bits per heavy atom. The summed E-state index contributed by atoms with van der Waals surface area (Å²) in [4.78, 5) is 9.16. The molecule has 0 aliphatic carbocycles. The molecule has 0 radical (unpaired) electrons. The summed E-state index contributed by atoms with van der Waals surface area (Å²) in [5.74, 6) is -1.68. The summed E-state index contributed by atoms with van der Waals surface area (Å²) in [5, 5.41) is 1.94. The maximum atomic E-state index is 14.7. The zero-order chi connectivity index (χ0) is 34.8. The third kappa shape index (κ3) is 6.84. The van der Waals surface area contributed by atoms with E-state index in [4.69, 9.17) is 13.6 Å². The van der Waals surface area contributed by atoms with Gasteiger partial charge in [-0.25, -0.2) is 13.8 Å². The Balaban J connectivity index is 1.39. The number of hydrogen-bond donors (Lipinski definition) is 0. The largest absolute Gasteiger partial charge is 0.406 e. The van der Waals surface area contributed by atoms with Crippen molar-refractivity contribution in [1.82, 2.24) is 14.5 Å². The van der Waals surface area contributed by atoms with Gasteiger partial charge in [0.1, 0.15) is 12.4 Å². The van der Waals surface area contributed by atoms with Crippen LogP contribution in [0.15, 0.2) is 120 Å². The first kappa shape index (κ1) is 34.3. The van der Waals surface area contributed by atoms with E-state index in [0.717, 1.165) is 28.1 Å². The van der Waals surface area contributed by atoms with Gasteiger partial charge in [0.15, 0.2) is 11.6 Å². The molecule has 6 rings (SSSR count). The van der Waals surface area contributed by atoms with Gasteiger partial charge in [0.2, 0.25) is 0 Å². The van der Waals surface area contributed by atoms with Crippen molar-refractivity contribution in [1.29, 1.82) is 0 Å². The predicted molar refractivity (Wildman–Crippen MR) is 190 cm³/mol. The van der Waals surface area contributed by atoms with Gasteiger partial charge in [-0.15, -0.1) is 0 Å². The topological polar surface area (TPSA) is 83.3 Å². The normalized spacial score (nSPS) is 12.4. The highest BCUT2D eigenvalue weighted by atomic mass is 32.2. The van der Waals surface area contributed by atoms with Gasteiger partial charge in [-0.1, -0.05) is 99.1 Å². The molecule has 0 atom stereocenters. The molecule has 2 aromatic heterocycles. The van der Waals surface area contributed by atoms with E-state index in [0.29, 0.717) is 22.6 Å². The van der Waals surface area contributed by atoms with E-state index < -0.39 is 30.1 Å². The fourth-order valence-electron chi connectivity index (χ4n) is 6.27. The number of benzene rings is 4. The molecule has 49 heavy (non-hydrogen) atoms. The lowest BCUT2D eigenvalue weighted by Gasteiger charge is -2.43. The number of fused-ring (bicyclic) bond motifs is 1. The smallest absolute Gasteiger partial charge is 0.297 e. The Morgan fingerprint density at radius 1 is 0.816 bits per heavy atom. The second kappa shape index (κ2) is 13.8. The molecule has 252 valence electrons. The van der Waals surface area contributed by atoms with Crippen molar-refractivity contribution in [3.05, 3.63) is 138 Å². The van der Waals surface area contributed by atoms with Crippen LogP contribution in [0, 0.1) is 18.6 Å². The van der Waals surface area contributed by atoms with E-state index in [-0.39, 0.29) is 35.2 Å². The second-order valence-corrected chi connectivity index (χ2v) is 18.8. The summed E-state index contributed by atoms with van der Waals surface area (Å²) < 4.78 is 69.6. The minimum Gasteiger partial charge on any atom is -0.406 e. The molecule has 0 N–H and O–H groups in total. The highest BCUT2D eigenvalue weighted by Crippen LogP contribution is 2.37. The van der Waals surface area contributed by atoms with E-state index in [1.54, 1.807) is 28.8 Å². The highest BCUT2D eigenvalue weighted by molar-refractivity contribution is 7.86. The van der Waals surface area contributed by atoms with Crippen molar-refractivity contribution in [3.63, 3.8) is 0 Å². The Morgan fingerprint density at radius 2 is 1.43 bits per heavy atom. The zero-order valence-corrected chi connectivity index (χ0v) is 29.5. The fourth-order valence-corrected chi connectivity index (χ4v) is 11.7. The summed E-state index contributed by atoms with van der Waals surface area (Å²) in [6.07, 6.45) is 1.53. The van der Waals surface area contributed by atoms with Gasteiger partial charge in [-0.2, -0.15) is 8.42 Å². The first-order valence-electron chi connectivity index (χ1n) is 15.9. The van der Waals surface area contributed by atoms with Gasteiger partial charge < -0.3 is 8.99 Å². The van der Waals surface area contributed by atoms with Crippen LogP contribution in [0.1, 0.15) is 32.0 Å². The van der Waals surface area contributed by atoms with Crippen LogP contribution in [0.3, 0.4) is 0 Å². The van der Waals surface area contributed by atoms with E-state index in [1.807, 2.05) is 43.3 Å². The van der Waals surface area contributed by atoms with Crippen molar-refractivity contribution in [3.8, 4) is 11.4 Å². The van der Waals surface area contributed by atoms with Gasteiger partial charge >= 0.3 is 0 Å². The van der Waals surface area contributed by atoms with Crippen LogP contribution in [-0.4, -0.2) is 37.9 Å². The van der Waals surface area contributed by atoms with Crippen molar-refractivity contribution in [2.45, 2.75) is 50.8 Å². The molecule has 0 aliphatic heterocycles. The molecular weight excluding hydrogens is 661 g/mol. The molecular formula is C38H37F2N3O4SSi. The average molecular weight is 698 g/mol. The summed E-state index contributed by atoms with van der Waals surface area (Å²) in [7, 11) is -7.01. The maximum absolute atomic E-state index is 14.7. The molecule has 4 aromatic carbocycles. The summed E-state index contributed by atoms with van der Waals surface area (Å²) in [5.41, 5.74) is 2.27. The number of nitrogens with zero attached hydrogens (tertiary/aromatic N) is 3. The number of aromatic nitrogens is 3. The minimum absolute atomic E-state index is 0.0225. The molecule has 0 fully saturated rings. The Bertz CT molecular complexity index is 2150. The molecule has 11 heteroatoms. The molecule has 7 nitrogen and oxygen atoms in total. The maximum Gasteiger partial charge on any atom is 0.297 e. The quantitative estimate of drug-likeness (QED) is 0.106. The van der Waals surface area contributed by atoms with Crippen molar-refractivity contribution in [2.75, 3.05) is 6.61 Å². The van der Waals surface area contributed by atoms with E-state index in [1.165, 1.54) is 18.3 Å². The van der Waals surface area contributed by atoms with Crippen LogP contribution >= 0.6 is 0 Å². The SMILES string of the molecule is Cc1ccc(S(=O)(=O)OCc2ncccc2-c2nc3cc(F)c(F)cc3n2CCO[Si](c2ccccc2)(c2ccccc2)C(C)(C)C)cc1. The number of pyridine rings is 1. The highest BCUT2D eigenvalue weighted by Gasteiger charge is 2.50. The molecule has 0 aliphatic rings. The monoisotopic (exact) mass is 697 g/mol. The Labute approximate surface area is 286 Å². The molecule has 0 spiro atoms. The molecule has 2 heterocycles. The van der Waals surface area contributed by atoms with Crippen LogP contribution in [0.25, 0.3) is 22.4 Å². The van der Waals surface area contributed by atoms with E-state index >= 15 is 0 Å². The van der Waals surface area contributed by atoms with Crippen LogP contribution in [-0.2, 0) is 31.9 Å². The van der Waals surface area contributed by atoms with Crippen LogP contribution in [0.5, 0.6) is 0 Å². The van der Waals surface area contributed by atoms with Crippen LogP contribution in [0.2, 0.25) is 5.04 Å². The van der Waals surface area contributed by atoms with Gasteiger partial charge in [0.25, 0.3) is 18.4 Å². The summed E-state index contributed by atoms with van der Waals surface area (Å²) in [6, 6.07) is 32.4. The molecule has 0 unspecified atom stereocenters. The van der Waals surface area contributed by atoms with E-state index in [9.17, 15) is 17.2 Å². The first-order valence-corrected chi connectivity index (χ1v) is 19.2. The van der Waals surface area contributed by atoms with Gasteiger partial charge in [-0.3, -0.25) is 9.17 Å². The first-order chi connectivity index (χ1) is 23.4. The molecule has 0 saturated carbocycles. The summed E-state index contributed by atoms with van der Waals surface area (Å²) >= 11 is 0. The summed E-state index contributed by atoms with van der Waals surface area (Å²) in [6.45, 7) is 8.49. The Hall–Kier alpha value is -4.55. The number of hydrogen-bond acceptors (Lipinski definition) is 6. The number of aryl methyl sites for hydroxylation is 1. The second-order valence-electron chi connectivity index (χ2n) is 12.9. The average Bonchev–Trinajstić information content (AvgIpc) is 3.43. The van der Waals surface area contributed by atoms with Crippen LogP contribution in [0.4, 0.5) is 8.78 Å². The molecule has 0 saturated heterocycles. The number of halogens is 2. The van der Waals surface area contributed by atoms with E-state index in [2.05, 4.69) is 50.0 Å². The van der Waals surface area contributed by atoms with Crippen molar-refractivity contribution >= 4 is 39.8 Å². The number of rotatable bonds is 11. The zero-order valence-electron chi connectivity index (χ0n) is 27.7. The fraction of sp³-hybridized carbons (Fsp3) is 0.211. The molecule has 6 aromatic rings. The molecule has 0 bridgehead atoms. The van der Waals surface area contributed by atoms with Crippen molar-refractivity contribution < 1.29 is 25.8 Å². The molecule has 0 amide bonds. The lowest BCUT2D eigenvalue weighted by Crippen LogP contribution is -2.66. The third-order valence-electron chi connectivity index (χ3n) is 8.63. The number of imidazole rings is 1. The van der Waals surface area contributed by atoms with Gasteiger partial charge in [-0.05, 0) is 46.6 Å². The lowest BCUT2D eigenvalue weighted by atomic mass is 10.2. The Kier molecular flexibility index (Phi) is 9.63. The van der Waals surface area contributed by atoms with Gasteiger partial charge in [0, 0.05) is 30.4 Å². The lowest BCUT2D eigenvalue weighted by molar-refractivity contribution is 0.282. The van der Waals surface area contributed by atoms with Gasteiger partial charge in [0.05, 0.1) is 28.2 Å². The van der Waals surface area contributed by atoms with Crippen molar-refractivity contribution in [2.24, 2.45) is 0 Å². The minimum atomic E-state index is -4.10. The standard InChI is InChI=1S/C38H37F2N3O4SSi/c1-27-17-19-28(20-18-27)48(44,45)46-26-35-31(16-11-21-41-35)37-42-34-24-32(39)33(40)25-36(34)43(37)22-23-47-49(38(2,3)4,29-12-7-5-8-13-29)30-14-9-6-10-15-30/h5-21,24-25H,22-23,26H2,1-4H3. The predicted octanol–water partition coefficient (Wildman–Crippen LogP) is 7.17. The third-order valence-corrected chi connectivity index (χ3v) is 15.0. The van der Waals surface area contributed by atoms with Crippen LogP contribution < -0.4 is 10.4 Å².